The Hall–Kier alpha value is -2.76. The van der Waals surface area contributed by atoms with Gasteiger partial charge in [-0.05, 0) is 29.8 Å². The maximum atomic E-state index is 12.7. The van der Waals surface area contributed by atoms with Crippen LogP contribution in [0.3, 0.4) is 0 Å². The number of fused-ring (bicyclic) bond motifs is 1. The SMILES string of the molecule is COc1c(-c2ccc(C(F)(F)F)cc2)c(=O)oc2ccccc12. The van der Waals surface area contributed by atoms with Gasteiger partial charge in [-0.15, -0.1) is 0 Å². The van der Waals surface area contributed by atoms with E-state index in [0.717, 1.165) is 12.1 Å². The van der Waals surface area contributed by atoms with Crippen molar-refractivity contribution in [3.05, 3.63) is 64.5 Å². The Morgan fingerprint density at radius 2 is 1.65 bits per heavy atom. The highest BCUT2D eigenvalue weighted by molar-refractivity contribution is 5.90. The molecule has 0 aliphatic carbocycles. The summed E-state index contributed by atoms with van der Waals surface area (Å²) >= 11 is 0. The van der Waals surface area contributed by atoms with Crippen molar-refractivity contribution in [2.75, 3.05) is 7.11 Å². The molecule has 0 saturated carbocycles. The maximum Gasteiger partial charge on any atom is 0.416 e. The lowest BCUT2D eigenvalue weighted by Crippen LogP contribution is -2.07. The maximum absolute atomic E-state index is 12.7. The van der Waals surface area contributed by atoms with E-state index >= 15 is 0 Å². The Labute approximate surface area is 128 Å². The average Bonchev–Trinajstić information content (AvgIpc) is 2.53. The van der Waals surface area contributed by atoms with Crippen LogP contribution >= 0.6 is 0 Å². The lowest BCUT2D eigenvalue weighted by molar-refractivity contribution is -0.137. The summed E-state index contributed by atoms with van der Waals surface area (Å²) in [4.78, 5) is 12.2. The van der Waals surface area contributed by atoms with Crippen LogP contribution in [0.25, 0.3) is 22.1 Å². The first-order chi connectivity index (χ1) is 10.9. The fourth-order valence-corrected chi connectivity index (χ4v) is 2.41. The monoisotopic (exact) mass is 320 g/mol. The standard InChI is InChI=1S/C17H11F3O3/c1-22-15-12-4-2-3-5-13(12)23-16(21)14(15)10-6-8-11(9-7-10)17(18,19)20/h2-9H,1H3. The van der Waals surface area contributed by atoms with E-state index in [-0.39, 0.29) is 11.3 Å². The molecule has 23 heavy (non-hydrogen) atoms. The van der Waals surface area contributed by atoms with Gasteiger partial charge in [0.25, 0.3) is 0 Å². The van der Waals surface area contributed by atoms with E-state index in [0.29, 0.717) is 16.5 Å². The third kappa shape index (κ3) is 2.67. The highest BCUT2D eigenvalue weighted by atomic mass is 19.4. The van der Waals surface area contributed by atoms with Crippen LogP contribution in [-0.2, 0) is 6.18 Å². The Morgan fingerprint density at radius 1 is 1.00 bits per heavy atom. The molecule has 0 aliphatic heterocycles. The van der Waals surface area contributed by atoms with Crippen LogP contribution in [0.1, 0.15) is 5.56 Å². The molecule has 0 fully saturated rings. The summed E-state index contributed by atoms with van der Waals surface area (Å²) in [7, 11) is 1.40. The molecule has 1 aromatic heterocycles. The van der Waals surface area contributed by atoms with Crippen molar-refractivity contribution in [3.63, 3.8) is 0 Å². The molecule has 0 bridgehead atoms. The van der Waals surface area contributed by atoms with E-state index in [9.17, 15) is 18.0 Å². The molecule has 0 radical (unpaired) electrons. The van der Waals surface area contributed by atoms with Gasteiger partial charge in [0, 0.05) is 0 Å². The van der Waals surface area contributed by atoms with Crippen LogP contribution in [0.4, 0.5) is 13.2 Å². The summed E-state index contributed by atoms with van der Waals surface area (Å²) in [5.74, 6) is 0.275. The van der Waals surface area contributed by atoms with Gasteiger partial charge in [-0.2, -0.15) is 13.2 Å². The highest BCUT2D eigenvalue weighted by Gasteiger charge is 2.30. The number of hydrogen-bond donors (Lipinski definition) is 0. The number of rotatable bonds is 2. The van der Waals surface area contributed by atoms with Crippen molar-refractivity contribution in [1.29, 1.82) is 0 Å². The second-order valence-corrected chi connectivity index (χ2v) is 4.87. The molecule has 0 saturated heterocycles. The zero-order valence-electron chi connectivity index (χ0n) is 12.0. The fraction of sp³-hybridized carbons (Fsp3) is 0.118. The summed E-state index contributed by atoms with van der Waals surface area (Å²) in [5.41, 5.74) is -0.704. The minimum absolute atomic E-state index is 0.0972. The lowest BCUT2D eigenvalue weighted by atomic mass is 10.0. The van der Waals surface area contributed by atoms with Crippen molar-refractivity contribution in [2.24, 2.45) is 0 Å². The van der Waals surface area contributed by atoms with Gasteiger partial charge in [-0.25, -0.2) is 4.79 Å². The van der Waals surface area contributed by atoms with E-state index < -0.39 is 17.4 Å². The molecular formula is C17H11F3O3. The molecule has 0 unspecified atom stereocenters. The molecule has 1 heterocycles. The molecule has 0 spiro atoms. The van der Waals surface area contributed by atoms with Gasteiger partial charge in [0.2, 0.25) is 0 Å². The number of methoxy groups -OCH3 is 1. The van der Waals surface area contributed by atoms with E-state index in [1.807, 2.05) is 0 Å². The van der Waals surface area contributed by atoms with Gasteiger partial charge in [0.05, 0.1) is 18.1 Å². The predicted octanol–water partition coefficient (Wildman–Crippen LogP) is 4.49. The topological polar surface area (TPSA) is 39.4 Å². The van der Waals surface area contributed by atoms with Crippen LogP contribution in [0, 0.1) is 0 Å². The fourth-order valence-electron chi connectivity index (χ4n) is 2.41. The first kappa shape index (κ1) is 15.1. The third-order valence-corrected chi connectivity index (χ3v) is 3.47. The molecule has 3 aromatic rings. The number of para-hydroxylation sites is 1. The second-order valence-electron chi connectivity index (χ2n) is 4.87. The van der Waals surface area contributed by atoms with Crippen LogP contribution in [0.2, 0.25) is 0 Å². The highest BCUT2D eigenvalue weighted by Crippen LogP contribution is 2.35. The van der Waals surface area contributed by atoms with Crippen LogP contribution in [-0.4, -0.2) is 7.11 Å². The summed E-state index contributed by atoms with van der Waals surface area (Å²) < 4.78 is 48.5. The number of halogens is 3. The van der Waals surface area contributed by atoms with Crippen molar-refractivity contribution >= 4 is 11.0 Å². The summed E-state index contributed by atoms with van der Waals surface area (Å²) in [6.45, 7) is 0. The van der Waals surface area contributed by atoms with Crippen molar-refractivity contribution in [3.8, 4) is 16.9 Å². The molecule has 3 rings (SSSR count). The summed E-state index contributed by atoms with van der Waals surface area (Å²) in [5, 5.41) is 0.574. The number of alkyl halides is 3. The lowest BCUT2D eigenvalue weighted by Gasteiger charge is -2.11. The summed E-state index contributed by atoms with van der Waals surface area (Å²) in [6, 6.07) is 11.1. The Kier molecular flexibility index (Phi) is 3.60. The van der Waals surface area contributed by atoms with E-state index in [4.69, 9.17) is 9.15 Å². The van der Waals surface area contributed by atoms with Crippen molar-refractivity contribution in [1.82, 2.24) is 0 Å². The van der Waals surface area contributed by atoms with Crippen LogP contribution in [0.5, 0.6) is 5.75 Å². The van der Waals surface area contributed by atoms with E-state index in [2.05, 4.69) is 0 Å². The van der Waals surface area contributed by atoms with Gasteiger partial charge in [-0.3, -0.25) is 0 Å². The first-order valence-corrected chi connectivity index (χ1v) is 6.69. The molecule has 0 atom stereocenters. The number of benzene rings is 2. The average molecular weight is 320 g/mol. The Bertz CT molecular complexity index is 909. The Balaban J connectivity index is 2.23. The molecule has 3 nitrogen and oxygen atoms in total. The molecule has 2 aromatic carbocycles. The zero-order chi connectivity index (χ0) is 16.6. The molecule has 0 amide bonds. The minimum Gasteiger partial charge on any atom is -0.495 e. The van der Waals surface area contributed by atoms with Gasteiger partial charge in [0.15, 0.2) is 0 Å². The smallest absolute Gasteiger partial charge is 0.416 e. The van der Waals surface area contributed by atoms with Crippen molar-refractivity contribution in [2.45, 2.75) is 6.18 Å². The van der Waals surface area contributed by atoms with Gasteiger partial charge in [-0.1, -0.05) is 24.3 Å². The van der Waals surface area contributed by atoms with Crippen LogP contribution in [0.15, 0.2) is 57.7 Å². The molecule has 0 N–H and O–H groups in total. The third-order valence-electron chi connectivity index (χ3n) is 3.47. The Morgan fingerprint density at radius 3 is 2.26 bits per heavy atom. The van der Waals surface area contributed by atoms with Gasteiger partial charge >= 0.3 is 11.8 Å². The predicted molar refractivity (Wildman–Crippen MR) is 79.5 cm³/mol. The molecule has 0 aliphatic rings. The first-order valence-electron chi connectivity index (χ1n) is 6.69. The van der Waals surface area contributed by atoms with Gasteiger partial charge < -0.3 is 9.15 Å². The number of ether oxygens (including phenoxy) is 1. The molecule has 118 valence electrons. The van der Waals surface area contributed by atoms with E-state index in [1.54, 1.807) is 24.3 Å². The quantitative estimate of drug-likeness (QED) is 0.653. The second kappa shape index (κ2) is 5.46. The van der Waals surface area contributed by atoms with E-state index in [1.165, 1.54) is 19.2 Å². The van der Waals surface area contributed by atoms with Gasteiger partial charge in [0.1, 0.15) is 16.9 Å². The summed E-state index contributed by atoms with van der Waals surface area (Å²) in [6.07, 6.45) is -4.43. The van der Waals surface area contributed by atoms with Crippen LogP contribution < -0.4 is 10.4 Å². The zero-order valence-corrected chi connectivity index (χ0v) is 12.0. The molecular weight excluding hydrogens is 309 g/mol. The normalized spacial score (nSPS) is 11.7. The van der Waals surface area contributed by atoms with Crippen molar-refractivity contribution < 1.29 is 22.3 Å². The number of hydrogen-bond acceptors (Lipinski definition) is 3. The largest absolute Gasteiger partial charge is 0.495 e. The molecule has 6 heteroatoms. The minimum atomic E-state index is -4.43.